The Morgan fingerprint density at radius 3 is 3.05 bits per heavy atom. The number of amides is 1. The number of rotatable bonds is 5. The molecule has 1 fully saturated rings. The highest BCUT2D eigenvalue weighted by Gasteiger charge is 2.26. The molecule has 1 atom stereocenters. The first-order chi connectivity index (χ1) is 9.74. The molecule has 110 valence electrons. The molecule has 1 aliphatic heterocycles. The first-order valence-corrected chi connectivity index (χ1v) is 7.35. The highest BCUT2D eigenvalue weighted by molar-refractivity contribution is 5.81. The van der Waals surface area contributed by atoms with Gasteiger partial charge in [0.05, 0.1) is 18.3 Å². The molecule has 2 rings (SSSR count). The lowest BCUT2D eigenvalue weighted by molar-refractivity contribution is -0.125. The van der Waals surface area contributed by atoms with Crippen molar-refractivity contribution in [2.24, 2.45) is 0 Å². The van der Waals surface area contributed by atoms with Crippen LogP contribution in [-0.4, -0.2) is 41.5 Å². The highest BCUT2D eigenvalue weighted by atomic mass is 16.5. The van der Waals surface area contributed by atoms with Crippen molar-refractivity contribution in [2.75, 3.05) is 19.7 Å². The number of carbonyl (C=O) groups excluding carboxylic acids is 1. The van der Waals surface area contributed by atoms with Gasteiger partial charge in [-0.15, -0.1) is 0 Å². The van der Waals surface area contributed by atoms with Crippen molar-refractivity contribution in [3.63, 3.8) is 0 Å². The van der Waals surface area contributed by atoms with Crippen molar-refractivity contribution < 1.29 is 9.53 Å². The molecule has 0 saturated carbocycles. The summed E-state index contributed by atoms with van der Waals surface area (Å²) >= 11 is 0. The van der Waals surface area contributed by atoms with E-state index >= 15 is 0 Å². The van der Waals surface area contributed by atoms with Gasteiger partial charge in [0.15, 0.2) is 0 Å². The van der Waals surface area contributed by atoms with Crippen LogP contribution >= 0.6 is 0 Å². The van der Waals surface area contributed by atoms with Crippen LogP contribution in [0.5, 0.6) is 5.88 Å². The smallest absolute Gasteiger partial charge is 0.237 e. The normalized spacial score (nSPS) is 20.3. The Bertz CT molecular complexity index is 450. The van der Waals surface area contributed by atoms with Crippen molar-refractivity contribution in [2.45, 2.75) is 39.3 Å². The maximum absolute atomic E-state index is 12.0. The molecule has 1 aromatic rings. The lowest BCUT2D eigenvalue weighted by Gasteiger charge is -2.27. The standard InChI is InChI=1S/C15H23N3O2/c1-3-13-15(19)16-9-6-10-18(13)11-12-7-5-8-14(17-12)20-4-2/h5,7-8,13H,3-4,6,9-11H2,1-2H3,(H,16,19)/t13-/m0/s1. The molecular weight excluding hydrogens is 254 g/mol. The van der Waals surface area contributed by atoms with E-state index in [4.69, 9.17) is 4.74 Å². The number of nitrogens with one attached hydrogen (secondary N) is 1. The summed E-state index contributed by atoms with van der Waals surface area (Å²) in [7, 11) is 0. The molecule has 20 heavy (non-hydrogen) atoms. The molecule has 1 N–H and O–H groups in total. The van der Waals surface area contributed by atoms with Crippen LogP contribution < -0.4 is 10.1 Å². The maximum atomic E-state index is 12.0. The molecule has 1 saturated heterocycles. The van der Waals surface area contributed by atoms with Gasteiger partial charge < -0.3 is 10.1 Å². The van der Waals surface area contributed by atoms with Gasteiger partial charge in [0.2, 0.25) is 11.8 Å². The Kier molecular flexibility index (Phi) is 5.35. The van der Waals surface area contributed by atoms with Crippen molar-refractivity contribution in [3.8, 4) is 5.88 Å². The van der Waals surface area contributed by atoms with Crippen molar-refractivity contribution in [1.29, 1.82) is 0 Å². The average Bonchev–Trinajstić information content (AvgIpc) is 2.61. The minimum absolute atomic E-state index is 0.0601. The van der Waals surface area contributed by atoms with Crippen molar-refractivity contribution in [1.82, 2.24) is 15.2 Å². The summed E-state index contributed by atoms with van der Waals surface area (Å²) in [4.78, 5) is 18.7. The Balaban J connectivity index is 2.09. The number of nitrogens with zero attached hydrogens (tertiary/aromatic N) is 2. The zero-order valence-corrected chi connectivity index (χ0v) is 12.3. The van der Waals surface area contributed by atoms with Gasteiger partial charge in [0, 0.05) is 25.7 Å². The van der Waals surface area contributed by atoms with Crippen molar-refractivity contribution >= 4 is 5.91 Å². The molecule has 5 heteroatoms. The van der Waals surface area contributed by atoms with E-state index in [1.54, 1.807) is 0 Å². The number of aromatic nitrogens is 1. The molecule has 0 aliphatic carbocycles. The predicted molar refractivity (Wildman–Crippen MR) is 77.5 cm³/mol. The monoisotopic (exact) mass is 277 g/mol. The Morgan fingerprint density at radius 2 is 2.30 bits per heavy atom. The number of hydrogen-bond acceptors (Lipinski definition) is 4. The van der Waals surface area contributed by atoms with Crippen LogP contribution in [0.3, 0.4) is 0 Å². The van der Waals surface area contributed by atoms with E-state index in [2.05, 4.69) is 15.2 Å². The molecule has 1 aliphatic rings. The van der Waals surface area contributed by atoms with Gasteiger partial charge in [0.1, 0.15) is 0 Å². The van der Waals surface area contributed by atoms with Gasteiger partial charge in [-0.2, -0.15) is 0 Å². The molecule has 1 amide bonds. The van der Waals surface area contributed by atoms with Crippen LogP contribution in [0.15, 0.2) is 18.2 Å². The first kappa shape index (κ1) is 14.8. The summed E-state index contributed by atoms with van der Waals surface area (Å²) in [5, 5.41) is 2.97. The molecule has 0 unspecified atom stereocenters. The lowest BCUT2D eigenvalue weighted by atomic mass is 10.1. The van der Waals surface area contributed by atoms with Gasteiger partial charge in [-0.1, -0.05) is 13.0 Å². The fraction of sp³-hybridized carbons (Fsp3) is 0.600. The molecule has 0 spiro atoms. The van der Waals surface area contributed by atoms with Crippen LogP contribution in [0, 0.1) is 0 Å². The third kappa shape index (κ3) is 3.70. The SMILES string of the molecule is CCOc1cccc(CN2CCCNC(=O)[C@@H]2CC)n1. The second-order valence-electron chi connectivity index (χ2n) is 4.94. The second-order valence-corrected chi connectivity index (χ2v) is 4.94. The number of hydrogen-bond donors (Lipinski definition) is 1. The van der Waals surface area contributed by atoms with E-state index in [1.807, 2.05) is 32.0 Å². The van der Waals surface area contributed by atoms with E-state index in [0.717, 1.165) is 31.6 Å². The zero-order chi connectivity index (χ0) is 14.4. The molecule has 0 radical (unpaired) electrons. The Labute approximate surface area is 120 Å². The van der Waals surface area contributed by atoms with Crippen LogP contribution in [0.25, 0.3) is 0 Å². The van der Waals surface area contributed by atoms with E-state index < -0.39 is 0 Å². The average molecular weight is 277 g/mol. The molecular formula is C15H23N3O2. The fourth-order valence-electron chi connectivity index (χ4n) is 2.55. The largest absolute Gasteiger partial charge is 0.478 e. The minimum atomic E-state index is -0.0601. The third-order valence-corrected chi connectivity index (χ3v) is 3.49. The molecule has 0 bridgehead atoms. The summed E-state index contributed by atoms with van der Waals surface area (Å²) in [6.07, 6.45) is 1.80. The lowest BCUT2D eigenvalue weighted by Crippen LogP contribution is -2.43. The van der Waals surface area contributed by atoms with Gasteiger partial charge in [-0.05, 0) is 25.8 Å². The fourth-order valence-corrected chi connectivity index (χ4v) is 2.55. The van der Waals surface area contributed by atoms with Gasteiger partial charge >= 0.3 is 0 Å². The maximum Gasteiger partial charge on any atom is 0.237 e. The van der Waals surface area contributed by atoms with E-state index in [0.29, 0.717) is 19.0 Å². The molecule has 0 aromatic carbocycles. The summed E-state index contributed by atoms with van der Waals surface area (Å²) < 4.78 is 5.43. The van der Waals surface area contributed by atoms with E-state index in [-0.39, 0.29) is 11.9 Å². The summed E-state index contributed by atoms with van der Waals surface area (Å²) in [6, 6.07) is 5.74. The molecule has 5 nitrogen and oxygen atoms in total. The Hall–Kier alpha value is -1.62. The van der Waals surface area contributed by atoms with Crippen molar-refractivity contribution in [3.05, 3.63) is 23.9 Å². The predicted octanol–water partition coefficient (Wildman–Crippen LogP) is 1.58. The highest BCUT2D eigenvalue weighted by Crippen LogP contribution is 2.15. The Morgan fingerprint density at radius 1 is 1.45 bits per heavy atom. The first-order valence-electron chi connectivity index (χ1n) is 7.35. The van der Waals surface area contributed by atoms with Gasteiger partial charge in [-0.3, -0.25) is 9.69 Å². The third-order valence-electron chi connectivity index (χ3n) is 3.49. The zero-order valence-electron chi connectivity index (χ0n) is 12.3. The minimum Gasteiger partial charge on any atom is -0.478 e. The number of pyridine rings is 1. The van der Waals surface area contributed by atoms with Crippen LogP contribution in [0.4, 0.5) is 0 Å². The second kappa shape index (κ2) is 7.24. The number of carbonyl (C=O) groups is 1. The van der Waals surface area contributed by atoms with Crippen LogP contribution in [0.1, 0.15) is 32.4 Å². The number of ether oxygens (including phenoxy) is 1. The molecule has 1 aromatic heterocycles. The quantitative estimate of drug-likeness (QED) is 0.888. The van der Waals surface area contributed by atoms with Gasteiger partial charge in [-0.25, -0.2) is 4.98 Å². The van der Waals surface area contributed by atoms with E-state index in [1.165, 1.54) is 0 Å². The summed E-state index contributed by atoms with van der Waals surface area (Å²) in [5.41, 5.74) is 0.948. The van der Waals surface area contributed by atoms with E-state index in [9.17, 15) is 4.79 Å². The summed E-state index contributed by atoms with van der Waals surface area (Å²) in [5.74, 6) is 0.781. The van der Waals surface area contributed by atoms with Crippen LogP contribution in [-0.2, 0) is 11.3 Å². The summed E-state index contributed by atoms with van der Waals surface area (Å²) in [6.45, 7) is 6.97. The van der Waals surface area contributed by atoms with Crippen LogP contribution in [0.2, 0.25) is 0 Å². The topological polar surface area (TPSA) is 54.5 Å². The van der Waals surface area contributed by atoms with Gasteiger partial charge in [0.25, 0.3) is 0 Å². The molecule has 2 heterocycles.